The van der Waals surface area contributed by atoms with E-state index in [1.165, 1.54) is 16.8 Å². The first kappa shape index (κ1) is 12.2. The minimum atomic E-state index is -0.412. The van der Waals surface area contributed by atoms with Gasteiger partial charge in [-0.1, -0.05) is 0 Å². The smallest absolute Gasteiger partial charge is 0.358 e. The highest BCUT2D eigenvalue weighted by atomic mass is 32.1. The number of hydrogen-bond acceptors (Lipinski definition) is 5. The molecule has 0 fully saturated rings. The fourth-order valence-electron chi connectivity index (χ4n) is 2.67. The maximum atomic E-state index is 11.1. The topological polar surface area (TPSA) is 64.2 Å². The summed E-state index contributed by atoms with van der Waals surface area (Å²) in [5.74, 6) is 0.530. The third-order valence-electron chi connectivity index (χ3n) is 3.61. The van der Waals surface area contributed by atoms with E-state index in [2.05, 4.69) is 28.3 Å². The van der Waals surface area contributed by atoms with E-state index in [9.17, 15) is 10.1 Å². The molecule has 19 heavy (non-hydrogen) atoms. The van der Waals surface area contributed by atoms with Crippen LogP contribution in [0.5, 0.6) is 0 Å². The van der Waals surface area contributed by atoms with Gasteiger partial charge < -0.3 is 15.0 Å². The highest BCUT2D eigenvalue weighted by molar-refractivity contribution is 7.10. The standard InChI is InChI=1S/C12H14N4O2S/c1-8-9-4-6-19-10(9)3-5-15(8)12-11(16(17)18)13-7-14(12)2/h4,6-8H,3,5H2,1-2H3. The van der Waals surface area contributed by atoms with Crippen LogP contribution in [0.2, 0.25) is 0 Å². The number of nitrogens with zero attached hydrogens (tertiary/aromatic N) is 4. The maximum absolute atomic E-state index is 11.1. The summed E-state index contributed by atoms with van der Waals surface area (Å²) in [6, 6.07) is 2.25. The molecule has 6 nitrogen and oxygen atoms in total. The van der Waals surface area contributed by atoms with Crippen molar-refractivity contribution in [3.8, 4) is 0 Å². The molecule has 2 aromatic rings. The quantitative estimate of drug-likeness (QED) is 0.625. The molecule has 7 heteroatoms. The van der Waals surface area contributed by atoms with Gasteiger partial charge in [-0.05, 0) is 40.3 Å². The molecule has 0 saturated heterocycles. The molecule has 0 amide bonds. The van der Waals surface area contributed by atoms with Gasteiger partial charge in [-0.25, -0.2) is 0 Å². The highest BCUT2D eigenvalue weighted by Crippen LogP contribution is 2.38. The van der Waals surface area contributed by atoms with Gasteiger partial charge in [0.15, 0.2) is 0 Å². The van der Waals surface area contributed by atoms with Crippen molar-refractivity contribution in [3.05, 3.63) is 38.3 Å². The molecule has 0 N–H and O–H groups in total. The van der Waals surface area contributed by atoms with Crippen LogP contribution in [0.4, 0.5) is 11.6 Å². The van der Waals surface area contributed by atoms with Crippen LogP contribution < -0.4 is 4.90 Å². The van der Waals surface area contributed by atoms with Crippen LogP contribution in [0.3, 0.4) is 0 Å². The minimum Gasteiger partial charge on any atom is -0.358 e. The largest absolute Gasteiger partial charge is 0.406 e. The second kappa shape index (κ2) is 4.34. The zero-order chi connectivity index (χ0) is 13.6. The molecular formula is C12H14N4O2S. The Bertz CT molecular complexity index is 633. The second-order valence-electron chi connectivity index (χ2n) is 4.68. The van der Waals surface area contributed by atoms with Crippen LogP contribution in [-0.4, -0.2) is 21.0 Å². The Kier molecular flexibility index (Phi) is 2.78. The average Bonchev–Trinajstić information content (AvgIpc) is 2.97. The number of thiophene rings is 1. The molecule has 0 aromatic carbocycles. The molecule has 2 aromatic heterocycles. The first-order chi connectivity index (χ1) is 9.09. The van der Waals surface area contributed by atoms with Crippen LogP contribution in [0.25, 0.3) is 0 Å². The summed E-state index contributed by atoms with van der Waals surface area (Å²) in [6.07, 6.45) is 2.43. The lowest BCUT2D eigenvalue weighted by Crippen LogP contribution is -2.34. The molecule has 0 saturated carbocycles. The van der Waals surface area contributed by atoms with Gasteiger partial charge in [-0.3, -0.25) is 4.57 Å². The minimum absolute atomic E-state index is 0.0620. The van der Waals surface area contributed by atoms with E-state index in [-0.39, 0.29) is 11.9 Å². The monoisotopic (exact) mass is 278 g/mol. The molecule has 1 atom stereocenters. The number of aromatic nitrogens is 2. The molecule has 1 aliphatic heterocycles. The van der Waals surface area contributed by atoms with Gasteiger partial charge in [0.05, 0.1) is 6.04 Å². The molecule has 0 radical (unpaired) electrons. The van der Waals surface area contributed by atoms with E-state index < -0.39 is 4.92 Å². The Morgan fingerprint density at radius 3 is 3.11 bits per heavy atom. The van der Waals surface area contributed by atoms with Gasteiger partial charge >= 0.3 is 5.82 Å². The van der Waals surface area contributed by atoms with Gasteiger partial charge in [-0.15, -0.1) is 11.3 Å². The van der Waals surface area contributed by atoms with Crippen molar-refractivity contribution in [1.82, 2.24) is 9.55 Å². The van der Waals surface area contributed by atoms with Gasteiger partial charge in [0.2, 0.25) is 12.1 Å². The average molecular weight is 278 g/mol. The van der Waals surface area contributed by atoms with Gasteiger partial charge in [0.1, 0.15) is 0 Å². The number of rotatable bonds is 2. The highest BCUT2D eigenvalue weighted by Gasteiger charge is 2.32. The molecule has 3 rings (SSSR count). The lowest BCUT2D eigenvalue weighted by Gasteiger charge is -2.34. The van der Waals surface area contributed by atoms with Crippen molar-refractivity contribution >= 4 is 23.0 Å². The summed E-state index contributed by atoms with van der Waals surface area (Å²) in [4.78, 5) is 18.0. The second-order valence-corrected chi connectivity index (χ2v) is 5.68. The van der Waals surface area contributed by atoms with Crippen molar-refractivity contribution in [1.29, 1.82) is 0 Å². The third-order valence-corrected chi connectivity index (χ3v) is 4.61. The Morgan fingerprint density at radius 1 is 1.58 bits per heavy atom. The van der Waals surface area contributed by atoms with Crippen molar-refractivity contribution in [2.24, 2.45) is 7.05 Å². The summed E-state index contributed by atoms with van der Waals surface area (Å²) < 4.78 is 1.73. The molecule has 0 spiro atoms. The molecule has 1 unspecified atom stereocenters. The number of fused-ring (bicyclic) bond motifs is 1. The maximum Gasteiger partial charge on any atom is 0.406 e. The van der Waals surface area contributed by atoms with E-state index in [0.717, 1.165) is 13.0 Å². The molecule has 3 heterocycles. The number of anilines is 1. The van der Waals surface area contributed by atoms with Crippen molar-refractivity contribution < 1.29 is 4.92 Å². The van der Waals surface area contributed by atoms with E-state index in [0.29, 0.717) is 5.82 Å². The molecular weight excluding hydrogens is 264 g/mol. The predicted octanol–water partition coefficient (Wildman–Crippen LogP) is 2.51. The molecule has 100 valence electrons. The molecule has 0 bridgehead atoms. The SMILES string of the molecule is CC1c2ccsc2CCN1c1c([N+](=O)[O-])ncn1C. The normalized spacial score (nSPS) is 18.4. The first-order valence-corrected chi connectivity index (χ1v) is 6.96. The summed E-state index contributed by atoms with van der Waals surface area (Å²) in [5, 5.41) is 13.2. The van der Waals surface area contributed by atoms with E-state index in [4.69, 9.17) is 0 Å². The Balaban J connectivity index is 2.05. The van der Waals surface area contributed by atoms with Gasteiger partial charge in [0, 0.05) is 18.5 Å². The van der Waals surface area contributed by atoms with Crippen molar-refractivity contribution in [2.45, 2.75) is 19.4 Å². The van der Waals surface area contributed by atoms with E-state index in [1.54, 1.807) is 23.0 Å². The fourth-order valence-corrected chi connectivity index (χ4v) is 3.63. The summed E-state index contributed by atoms with van der Waals surface area (Å²) in [6.45, 7) is 2.87. The van der Waals surface area contributed by atoms with Crippen molar-refractivity contribution in [3.63, 3.8) is 0 Å². The number of hydrogen-bond donors (Lipinski definition) is 0. The van der Waals surface area contributed by atoms with Crippen LogP contribution >= 0.6 is 11.3 Å². The predicted molar refractivity (Wildman–Crippen MR) is 73.6 cm³/mol. The Labute approximate surface area is 114 Å². The molecule has 1 aliphatic rings. The Hall–Kier alpha value is -1.89. The lowest BCUT2D eigenvalue weighted by molar-refractivity contribution is -0.388. The number of imidazole rings is 1. The lowest BCUT2D eigenvalue weighted by atomic mass is 10.0. The van der Waals surface area contributed by atoms with E-state index >= 15 is 0 Å². The first-order valence-electron chi connectivity index (χ1n) is 6.08. The number of nitro groups is 1. The fraction of sp³-hybridized carbons (Fsp3) is 0.417. The number of aryl methyl sites for hydroxylation is 1. The zero-order valence-corrected chi connectivity index (χ0v) is 11.6. The van der Waals surface area contributed by atoms with Crippen LogP contribution in [0.15, 0.2) is 17.8 Å². The summed E-state index contributed by atoms with van der Waals surface area (Å²) >= 11 is 1.76. The van der Waals surface area contributed by atoms with Crippen molar-refractivity contribution in [2.75, 3.05) is 11.4 Å². The van der Waals surface area contributed by atoms with Gasteiger partial charge in [0.25, 0.3) is 0 Å². The van der Waals surface area contributed by atoms with E-state index in [1.807, 2.05) is 0 Å². The summed E-state index contributed by atoms with van der Waals surface area (Å²) in [5.41, 5.74) is 1.27. The van der Waals surface area contributed by atoms with Crippen LogP contribution in [0, 0.1) is 10.1 Å². The zero-order valence-electron chi connectivity index (χ0n) is 10.7. The Morgan fingerprint density at radius 2 is 2.37 bits per heavy atom. The summed E-state index contributed by atoms with van der Waals surface area (Å²) in [7, 11) is 1.80. The third kappa shape index (κ3) is 1.81. The van der Waals surface area contributed by atoms with Crippen LogP contribution in [0.1, 0.15) is 23.4 Å². The van der Waals surface area contributed by atoms with Crippen LogP contribution in [-0.2, 0) is 13.5 Å². The molecule has 0 aliphatic carbocycles. The van der Waals surface area contributed by atoms with Gasteiger partial charge in [-0.2, -0.15) is 0 Å².